The molecule has 0 spiro atoms. The van der Waals surface area contributed by atoms with Crippen molar-refractivity contribution in [3.63, 3.8) is 0 Å². The molecular weight excluding hydrogens is 658 g/mol. The quantitative estimate of drug-likeness (QED) is 0.118. The van der Waals surface area contributed by atoms with Crippen LogP contribution in [0.3, 0.4) is 0 Å². The molecule has 0 aliphatic carbocycles. The molecule has 1 fully saturated rings. The van der Waals surface area contributed by atoms with Crippen LogP contribution in [0.15, 0.2) is 84.9 Å². The minimum atomic E-state index is -0.535. The van der Waals surface area contributed by atoms with Crippen LogP contribution in [-0.2, 0) is 5.41 Å². The van der Waals surface area contributed by atoms with Crippen LogP contribution in [0.4, 0.5) is 16.3 Å². The molecule has 1 saturated heterocycles. The summed E-state index contributed by atoms with van der Waals surface area (Å²) in [6.07, 6.45) is 1.60. The van der Waals surface area contributed by atoms with Crippen LogP contribution in [-0.4, -0.2) is 58.9 Å². The van der Waals surface area contributed by atoms with Crippen LogP contribution in [0, 0.1) is 12.8 Å². The highest BCUT2D eigenvalue weighted by atomic mass is 16.5. The molecule has 3 N–H and O–H groups in total. The van der Waals surface area contributed by atoms with E-state index >= 15 is 0 Å². The van der Waals surface area contributed by atoms with E-state index in [2.05, 4.69) is 46.7 Å². The van der Waals surface area contributed by atoms with E-state index in [-0.39, 0.29) is 34.9 Å². The number of hydrogen-bond donors (Lipinski definition) is 3. The van der Waals surface area contributed by atoms with Gasteiger partial charge in [-0.2, -0.15) is 15.1 Å². The van der Waals surface area contributed by atoms with Crippen molar-refractivity contribution in [2.75, 3.05) is 37.9 Å². The zero-order valence-electron chi connectivity index (χ0n) is 30.4. The van der Waals surface area contributed by atoms with Crippen molar-refractivity contribution in [3.05, 3.63) is 107 Å². The number of nitrogens with zero attached hydrogens (tertiary/aromatic N) is 4. The summed E-state index contributed by atoms with van der Waals surface area (Å²) in [6, 6.07) is 25.5. The number of piperidine rings is 1. The van der Waals surface area contributed by atoms with Crippen molar-refractivity contribution in [2.24, 2.45) is 5.92 Å². The van der Waals surface area contributed by atoms with Crippen molar-refractivity contribution in [2.45, 2.75) is 51.9 Å². The smallest absolute Gasteiger partial charge is 0.328 e. The van der Waals surface area contributed by atoms with Gasteiger partial charge >= 0.3 is 12.0 Å². The van der Waals surface area contributed by atoms with Gasteiger partial charge in [-0.15, -0.1) is 0 Å². The fourth-order valence-corrected chi connectivity index (χ4v) is 6.29. The maximum absolute atomic E-state index is 14.6. The van der Waals surface area contributed by atoms with E-state index in [1.807, 2.05) is 61.5 Å². The van der Waals surface area contributed by atoms with E-state index in [9.17, 15) is 9.59 Å². The number of ketones is 1. The molecule has 0 radical (unpaired) electrons. The molecule has 3 aromatic carbocycles. The van der Waals surface area contributed by atoms with E-state index in [0.717, 1.165) is 48.4 Å². The number of rotatable bonds is 11. The highest BCUT2D eigenvalue weighted by Gasteiger charge is 2.34. The first-order valence-electron chi connectivity index (χ1n) is 17.4. The number of hydrogen-bond acceptors (Lipinski definition) is 9. The average Bonchev–Trinajstić information content (AvgIpc) is 3.57. The third-order valence-electron chi connectivity index (χ3n) is 9.08. The van der Waals surface area contributed by atoms with E-state index < -0.39 is 11.9 Å². The SMILES string of the molecule is COc1cc(OC)nc(Oc2cccc(C(=O)C(c3ccccc3NC(=O)Nc3cc(C(C)(C)C)nn3-c3ccc(C)cc3)C3CCNCC3)c2)n1. The maximum Gasteiger partial charge on any atom is 0.328 e. The molecule has 12 nitrogen and oxygen atoms in total. The molecule has 5 aromatic rings. The summed E-state index contributed by atoms with van der Waals surface area (Å²) in [5.41, 5.74) is 4.31. The van der Waals surface area contributed by atoms with Crippen LogP contribution in [0.25, 0.3) is 5.69 Å². The van der Waals surface area contributed by atoms with E-state index in [1.165, 1.54) is 14.2 Å². The summed E-state index contributed by atoms with van der Waals surface area (Å²) in [4.78, 5) is 36.9. The van der Waals surface area contributed by atoms with Gasteiger partial charge in [0.05, 0.1) is 37.6 Å². The number of anilines is 2. The summed E-state index contributed by atoms with van der Waals surface area (Å²) in [5.74, 6) is 0.897. The number of aromatic nitrogens is 4. The standard InChI is InChI=1S/C40H45N7O5/c1-25-14-16-28(17-15-25)47-33(23-32(46-47)40(2,3)4)43-38(49)42-31-13-8-7-12-30(31)36(26-18-20-41-21-19-26)37(48)27-10-9-11-29(22-27)52-39-44-34(50-5)24-35(45-39)51-6/h7-17,22-24,26,36,41H,18-21H2,1-6H3,(H2,42,43,49). The second kappa shape index (κ2) is 15.6. The van der Waals surface area contributed by atoms with Gasteiger partial charge in [-0.3, -0.25) is 10.1 Å². The number of amides is 2. The topological polar surface area (TPSA) is 142 Å². The Morgan fingerprint density at radius 1 is 0.865 bits per heavy atom. The van der Waals surface area contributed by atoms with Gasteiger partial charge in [0.25, 0.3) is 0 Å². The molecule has 2 aromatic heterocycles. The van der Waals surface area contributed by atoms with E-state index in [1.54, 1.807) is 35.0 Å². The number of aryl methyl sites for hydroxylation is 1. The predicted molar refractivity (Wildman–Crippen MR) is 200 cm³/mol. The van der Waals surface area contributed by atoms with Gasteiger partial charge in [-0.25, -0.2) is 9.48 Å². The van der Waals surface area contributed by atoms with E-state index in [4.69, 9.17) is 19.3 Å². The van der Waals surface area contributed by atoms with Crippen molar-refractivity contribution in [1.29, 1.82) is 0 Å². The fraction of sp³-hybridized carbons (Fsp3) is 0.325. The molecule has 2 amide bonds. The number of methoxy groups -OCH3 is 2. The molecular formula is C40H45N7O5. The van der Waals surface area contributed by atoms with Crippen molar-refractivity contribution in [3.8, 4) is 29.2 Å². The minimum Gasteiger partial charge on any atom is -0.481 e. The maximum atomic E-state index is 14.6. The normalized spacial score (nSPS) is 14.0. The fourth-order valence-electron chi connectivity index (χ4n) is 6.29. The van der Waals surface area contributed by atoms with Gasteiger partial charge in [-0.05, 0) is 74.7 Å². The van der Waals surface area contributed by atoms with Crippen LogP contribution >= 0.6 is 0 Å². The number of carbonyl (C=O) groups is 2. The highest BCUT2D eigenvalue weighted by Crippen LogP contribution is 2.39. The molecule has 52 heavy (non-hydrogen) atoms. The van der Waals surface area contributed by atoms with E-state index in [0.29, 0.717) is 22.8 Å². The zero-order chi connectivity index (χ0) is 36.8. The summed E-state index contributed by atoms with van der Waals surface area (Å²) in [5, 5.41) is 14.3. The number of ether oxygens (including phenoxy) is 3. The summed E-state index contributed by atoms with van der Waals surface area (Å²) >= 11 is 0. The van der Waals surface area contributed by atoms with Crippen LogP contribution < -0.4 is 30.2 Å². The lowest BCUT2D eigenvalue weighted by Crippen LogP contribution is -2.34. The summed E-state index contributed by atoms with van der Waals surface area (Å²) < 4.78 is 18.2. The first-order chi connectivity index (χ1) is 25.0. The molecule has 270 valence electrons. The number of para-hydroxylation sites is 1. The van der Waals surface area contributed by atoms with Crippen LogP contribution in [0.1, 0.15) is 66.7 Å². The molecule has 1 atom stereocenters. The molecule has 1 unspecified atom stereocenters. The Labute approximate surface area is 303 Å². The first kappa shape index (κ1) is 36.1. The summed E-state index contributed by atoms with van der Waals surface area (Å²) in [6.45, 7) is 9.86. The van der Waals surface area contributed by atoms with Crippen molar-refractivity contribution >= 4 is 23.3 Å². The van der Waals surface area contributed by atoms with Crippen molar-refractivity contribution < 1.29 is 23.8 Å². The highest BCUT2D eigenvalue weighted by molar-refractivity contribution is 6.04. The number of urea groups is 1. The number of Topliss-reactive ketones (excluding diaryl/α,β-unsaturated/α-hetero) is 1. The Kier molecular flexibility index (Phi) is 10.8. The van der Waals surface area contributed by atoms with Gasteiger partial charge < -0.3 is 24.8 Å². The molecule has 3 heterocycles. The third-order valence-corrected chi connectivity index (χ3v) is 9.08. The second-order valence-corrected chi connectivity index (χ2v) is 13.9. The monoisotopic (exact) mass is 703 g/mol. The lowest BCUT2D eigenvalue weighted by Gasteiger charge is -2.31. The molecule has 0 bridgehead atoms. The van der Waals surface area contributed by atoms with Gasteiger partial charge in [0.15, 0.2) is 5.78 Å². The molecule has 1 aliphatic heterocycles. The molecule has 6 rings (SSSR count). The van der Waals surface area contributed by atoms with Crippen LogP contribution in [0.2, 0.25) is 0 Å². The van der Waals surface area contributed by atoms with Gasteiger partial charge in [0.1, 0.15) is 11.6 Å². The molecule has 12 heteroatoms. The Hall–Kier alpha value is -5.75. The van der Waals surface area contributed by atoms with Crippen molar-refractivity contribution in [1.82, 2.24) is 25.1 Å². The zero-order valence-corrected chi connectivity index (χ0v) is 30.4. The Bertz CT molecular complexity index is 2010. The molecule has 1 aliphatic rings. The lowest BCUT2D eigenvalue weighted by atomic mass is 9.75. The second-order valence-electron chi connectivity index (χ2n) is 13.9. The summed E-state index contributed by atoms with van der Waals surface area (Å²) in [7, 11) is 2.98. The Morgan fingerprint density at radius 3 is 2.23 bits per heavy atom. The van der Waals surface area contributed by atoms with Crippen LogP contribution in [0.5, 0.6) is 23.5 Å². The van der Waals surface area contributed by atoms with Gasteiger partial charge in [0.2, 0.25) is 11.8 Å². The largest absolute Gasteiger partial charge is 0.481 e. The number of nitrogens with one attached hydrogen (secondary N) is 3. The Morgan fingerprint density at radius 2 is 1.56 bits per heavy atom. The first-order valence-corrected chi connectivity index (χ1v) is 17.4. The third kappa shape index (κ3) is 8.40. The molecule has 0 saturated carbocycles. The lowest BCUT2D eigenvalue weighted by molar-refractivity contribution is 0.0916. The number of benzene rings is 3. The number of carbonyl (C=O) groups excluding carboxylic acids is 2. The minimum absolute atomic E-state index is 0.0228. The van der Waals surface area contributed by atoms with Gasteiger partial charge in [-0.1, -0.05) is 68.8 Å². The Balaban J connectivity index is 1.29. The van der Waals surface area contributed by atoms with Gasteiger partial charge in [0, 0.05) is 22.7 Å². The average molecular weight is 704 g/mol. The predicted octanol–water partition coefficient (Wildman–Crippen LogP) is 7.69.